The number of imidazole rings is 1. The summed E-state index contributed by atoms with van der Waals surface area (Å²) in [5.74, 6) is -0.459. The van der Waals surface area contributed by atoms with E-state index in [1.165, 1.54) is 7.11 Å². The van der Waals surface area contributed by atoms with Gasteiger partial charge >= 0.3 is 5.97 Å². The number of hydrogen-bond acceptors (Lipinski definition) is 6. The number of carbonyl (C=O) groups excluding carboxylic acids is 2. The molecule has 2 heterocycles. The molecule has 0 unspecified atom stereocenters. The lowest BCUT2D eigenvalue weighted by Gasteiger charge is -2.39. The molecule has 2 aromatic rings. The molecular weight excluding hydrogens is 408 g/mol. The van der Waals surface area contributed by atoms with Crippen molar-refractivity contribution in [2.24, 2.45) is 0 Å². The fourth-order valence-electron chi connectivity index (χ4n) is 3.66. The third-order valence-electron chi connectivity index (χ3n) is 5.47. The Morgan fingerprint density at radius 1 is 1.37 bits per heavy atom. The second-order valence-corrected chi connectivity index (χ2v) is 7.65. The summed E-state index contributed by atoms with van der Waals surface area (Å²) in [5, 5.41) is 3.32. The molecule has 1 aromatic carbocycles. The van der Waals surface area contributed by atoms with Crippen LogP contribution in [-0.4, -0.2) is 61.3 Å². The normalized spacial score (nSPS) is 18.9. The van der Waals surface area contributed by atoms with Crippen molar-refractivity contribution in [3.8, 4) is 0 Å². The average molecular weight is 435 g/mol. The number of nitrogens with one attached hydrogen (secondary N) is 2. The number of hydrogen-bond donors (Lipinski definition) is 2. The van der Waals surface area contributed by atoms with Gasteiger partial charge in [0.25, 0.3) is 5.91 Å². The number of halogens is 1. The number of aryl methyl sites for hydroxylation is 2. The van der Waals surface area contributed by atoms with Gasteiger partial charge in [-0.1, -0.05) is 24.6 Å². The summed E-state index contributed by atoms with van der Waals surface area (Å²) in [6.45, 7) is 5.09. The number of piperidine rings is 1. The third kappa shape index (κ3) is 4.60. The zero-order valence-electron chi connectivity index (χ0n) is 17.6. The SMILES string of the molecule is CCc1[nH]c(C(=O)N[C@@H]2CCN(c3ccc(C)c(C(=O)OC)c3)C[C@@H]2OC)nc1Cl. The summed E-state index contributed by atoms with van der Waals surface area (Å²) < 4.78 is 10.5. The number of methoxy groups -OCH3 is 2. The smallest absolute Gasteiger partial charge is 0.338 e. The van der Waals surface area contributed by atoms with Crippen LogP contribution in [0.5, 0.6) is 0 Å². The zero-order valence-corrected chi connectivity index (χ0v) is 18.4. The first kappa shape index (κ1) is 22.1. The molecule has 162 valence electrons. The van der Waals surface area contributed by atoms with E-state index >= 15 is 0 Å². The Morgan fingerprint density at radius 2 is 2.13 bits per heavy atom. The van der Waals surface area contributed by atoms with Crippen LogP contribution in [0.15, 0.2) is 18.2 Å². The Labute approximate surface area is 180 Å². The molecule has 1 aromatic heterocycles. The van der Waals surface area contributed by atoms with Gasteiger partial charge < -0.3 is 24.7 Å². The number of aromatic amines is 1. The van der Waals surface area contributed by atoms with Crippen LogP contribution in [0.25, 0.3) is 0 Å². The monoisotopic (exact) mass is 434 g/mol. The molecule has 1 fully saturated rings. The molecule has 30 heavy (non-hydrogen) atoms. The lowest BCUT2D eigenvalue weighted by molar-refractivity contribution is 0.0537. The van der Waals surface area contributed by atoms with E-state index in [4.69, 9.17) is 21.1 Å². The molecule has 1 aliphatic rings. The number of rotatable bonds is 6. The molecule has 2 atom stereocenters. The molecule has 1 amide bonds. The Bertz CT molecular complexity index is 930. The molecule has 3 rings (SSSR count). The van der Waals surface area contributed by atoms with E-state index < -0.39 is 0 Å². The number of ether oxygens (including phenoxy) is 2. The van der Waals surface area contributed by atoms with Crippen LogP contribution in [-0.2, 0) is 15.9 Å². The van der Waals surface area contributed by atoms with E-state index in [2.05, 4.69) is 20.2 Å². The van der Waals surface area contributed by atoms with Crippen molar-refractivity contribution in [1.29, 1.82) is 0 Å². The van der Waals surface area contributed by atoms with E-state index in [1.807, 2.05) is 32.0 Å². The van der Waals surface area contributed by atoms with Gasteiger partial charge in [-0.2, -0.15) is 0 Å². The van der Waals surface area contributed by atoms with Crippen LogP contribution in [0, 0.1) is 6.92 Å². The van der Waals surface area contributed by atoms with Gasteiger partial charge in [0.2, 0.25) is 0 Å². The van der Waals surface area contributed by atoms with Crippen molar-refractivity contribution in [3.05, 3.63) is 46.0 Å². The number of nitrogens with zero attached hydrogens (tertiary/aromatic N) is 2. The highest BCUT2D eigenvalue weighted by atomic mass is 35.5. The fourth-order valence-corrected chi connectivity index (χ4v) is 3.92. The van der Waals surface area contributed by atoms with Gasteiger partial charge in [0, 0.05) is 25.9 Å². The Balaban J connectivity index is 1.70. The minimum Gasteiger partial charge on any atom is -0.465 e. The molecule has 1 aliphatic heterocycles. The Kier molecular flexibility index (Phi) is 6.99. The maximum absolute atomic E-state index is 12.6. The van der Waals surface area contributed by atoms with Gasteiger partial charge in [0.15, 0.2) is 11.0 Å². The van der Waals surface area contributed by atoms with Crippen LogP contribution in [0.3, 0.4) is 0 Å². The van der Waals surface area contributed by atoms with Gasteiger partial charge in [0.05, 0.1) is 30.5 Å². The Morgan fingerprint density at radius 3 is 2.77 bits per heavy atom. The summed E-state index contributed by atoms with van der Waals surface area (Å²) in [6, 6.07) is 5.55. The van der Waals surface area contributed by atoms with E-state index in [-0.39, 0.29) is 29.8 Å². The first-order valence-electron chi connectivity index (χ1n) is 9.89. The van der Waals surface area contributed by atoms with E-state index in [0.717, 1.165) is 16.9 Å². The molecule has 9 heteroatoms. The third-order valence-corrected chi connectivity index (χ3v) is 5.78. The second kappa shape index (κ2) is 9.49. The number of carbonyl (C=O) groups is 2. The highest BCUT2D eigenvalue weighted by Gasteiger charge is 2.32. The predicted molar refractivity (Wildman–Crippen MR) is 114 cm³/mol. The molecule has 1 saturated heterocycles. The molecule has 0 aliphatic carbocycles. The largest absolute Gasteiger partial charge is 0.465 e. The lowest BCUT2D eigenvalue weighted by Crippen LogP contribution is -2.55. The number of benzene rings is 1. The van der Waals surface area contributed by atoms with Crippen LogP contribution < -0.4 is 10.2 Å². The highest BCUT2D eigenvalue weighted by Crippen LogP contribution is 2.25. The van der Waals surface area contributed by atoms with Gasteiger partial charge in [0.1, 0.15) is 0 Å². The number of anilines is 1. The van der Waals surface area contributed by atoms with Gasteiger partial charge in [-0.05, 0) is 37.5 Å². The first-order valence-corrected chi connectivity index (χ1v) is 10.3. The summed E-state index contributed by atoms with van der Waals surface area (Å²) in [7, 11) is 3.00. The number of aromatic nitrogens is 2. The summed E-state index contributed by atoms with van der Waals surface area (Å²) in [5.41, 5.74) is 3.05. The standard InChI is InChI=1S/C21H27ClN4O4/c1-5-15-18(22)25-19(23-15)20(27)24-16-8-9-26(11-17(16)29-3)13-7-6-12(2)14(10-13)21(28)30-4/h6-7,10,16-17H,5,8-9,11H2,1-4H3,(H,23,25)(H,24,27)/t16-,17+/m1/s1. The molecule has 0 saturated carbocycles. The Hall–Kier alpha value is -2.58. The maximum Gasteiger partial charge on any atom is 0.338 e. The number of esters is 1. The molecular formula is C21H27ClN4O4. The quantitative estimate of drug-likeness (QED) is 0.678. The molecule has 0 bridgehead atoms. The summed E-state index contributed by atoms with van der Waals surface area (Å²) in [6.07, 6.45) is 1.13. The van der Waals surface area contributed by atoms with Crippen molar-refractivity contribution in [1.82, 2.24) is 15.3 Å². The zero-order chi connectivity index (χ0) is 21.8. The van der Waals surface area contributed by atoms with Crippen molar-refractivity contribution in [2.75, 3.05) is 32.2 Å². The maximum atomic E-state index is 12.6. The molecule has 8 nitrogen and oxygen atoms in total. The van der Waals surface area contributed by atoms with Crippen molar-refractivity contribution in [2.45, 2.75) is 38.8 Å². The molecule has 0 spiro atoms. The van der Waals surface area contributed by atoms with E-state index in [9.17, 15) is 9.59 Å². The fraction of sp³-hybridized carbons (Fsp3) is 0.476. The van der Waals surface area contributed by atoms with Crippen LogP contribution in [0.1, 0.15) is 45.6 Å². The molecule has 2 N–H and O–H groups in total. The van der Waals surface area contributed by atoms with Crippen molar-refractivity contribution < 1.29 is 19.1 Å². The number of amides is 1. The number of H-pyrrole nitrogens is 1. The second-order valence-electron chi connectivity index (χ2n) is 7.29. The van der Waals surface area contributed by atoms with Gasteiger partial charge in [-0.25, -0.2) is 9.78 Å². The topological polar surface area (TPSA) is 96.6 Å². The van der Waals surface area contributed by atoms with Crippen LogP contribution >= 0.6 is 11.6 Å². The summed E-state index contributed by atoms with van der Waals surface area (Å²) in [4.78, 5) is 33.8. The van der Waals surface area contributed by atoms with Gasteiger partial charge in [-0.15, -0.1) is 0 Å². The highest BCUT2D eigenvalue weighted by molar-refractivity contribution is 6.30. The van der Waals surface area contributed by atoms with Crippen LogP contribution in [0.2, 0.25) is 5.15 Å². The minimum atomic E-state index is -0.358. The van der Waals surface area contributed by atoms with Gasteiger partial charge in [-0.3, -0.25) is 4.79 Å². The lowest BCUT2D eigenvalue weighted by atomic mass is 9.99. The van der Waals surface area contributed by atoms with E-state index in [1.54, 1.807) is 7.11 Å². The molecule has 0 radical (unpaired) electrons. The van der Waals surface area contributed by atoms with Crippen molar-refractivity contribution >= 4 is 29.2 Å². The average Bonchev–Trinajstić information content (AvgIpc) is 3.14. The predicted octanol–water partition coefficient (Wildman–Crippen LogP) is 2.74. The minimum absolute atomic E-state index is 0.168. The van der Waals surface area contributed by atoms with Crippen LogP contribution in [0.4, 0.5) is 5.69 Å². The summed E-state index contributed by atoms with van der Waals surface area (Å²) >= 11 is 6.04. The van der Waals surface area contributed by atoms with E-state index in [0.29, 0.717) is 36.6 Å². The van der Waals surface area contributed by atoms with Crippen molar-refractivity contribution in [3.63, 3.8) is 0 Å². The first-order chi connectivity index (χ1) is 14.4.